The van der Waals surface area contributed by atoms with Gasteiger partial charge in [-0.15, -0.1) is 0 Å². The van der Waals surface area contributed by atoms with E-state index in [0.717, 1.165) is 25.3 Å². The molecule has 1 atom stereocenters. The van der Waals surface area contributed by atoms with Crippen LogP contribution in [0.2, 0.25) is 10.0 Å². The molecule has 2 heterocycles. The molecule has 2 fully saturated rings. The van der Waals surface area contributed by atoms with Crippen LogP contribution in [0.15, 0.2) is 18.2 Å². The summed E-state index contributed by atoms with van der Waals surface area (Å²) in [6.07, 6.45) is 2.61. The Kier molecular flexibility index (Phi) is 5.07. The summed E-state index contributed by atoms with van der Waals surface area (Å²) in [5.41, 5.74) is 1.13. The summed E-state index contributed by atoms with van der Waals surface area (Å²) in [7, 11) is 2.20. The topological polar surface area (TPSA) is 15.7 Å². The van der Waals surface area contributed by atoms with Crippen LogP contribution in [0, 0.1) is 0 Å². The van der Waals surface area contributed by atoms with Crippen LogP contribution in [0.4, 0.5) is 0 Å². The third kappa shape index (κ3) is 3.72. The summed E-state index contributed by atoms with van der Waals surface area (Å²) in [6, 6.07) is 6.51. The van der Waals surface area contributed by atoms with Crippen molar-refractivity contribution in [2.75, 3.05) is 39.8 Å². The van der Waals surface area contributed by atoms with Crippen molar-refractivity contribution < 1.29 is 4.74 Å². The van der Waals surface area contributed by atoms with E-state index >= 15 is 0 Å². The lowest BCUT2D eigenvalue weighted by Crippen LogP contribution is -2.49. The van der Waals surface area contributed by atoms with Crippen LogP contribution in [0.5, 0.6) is 0 Å². The third-order valence-corrected chi connectivity index (χ3v) is 5.36. The molecule has 0 bridgehead atoms. The van der Waals surface area contributed by atoms with Gasteiger partial charge in [-0.05, 0) is 50.7 Å². The highest BCUT2D eigenvalue weighted by Crippen LogP contribution is 2.30. The summed E-state index contributed by atoms with van der Waals surface area (Å²) >= 11 is 12.1. The number of hydrogen-bond acceptors (Lipinski definition) is 3. The molecule has 2 saturated heterocycles. The molecule has 0 amide bonds. The van der Waals surface area contributed by atoms with Gasteiger partial charge in [-0.25, -0.2) is 0 Å². The highest BCUT2D eigenvalue weighted by molar-refractivity contribution is 6.42. The number of benzene rings is 1. The monoisotopic (exact) mass is 328 g/mol. The quantitative estimate of drug-likeness (QED) is 0.826. The lowest BCUT2D eigenvalue weighted by Gasteiger charge is -2.41. The molecule has 0 unspecified atom stereocenters. The molecule has 1 aromatic rings. The Morgan fingerprint density at radius 3 is 2.57 bits per heavy atom. The molecule has 1 aromatic carbocycles. The first-order chi connectivity index (χ1) is 10.1. The second-order valence-corrected chi connectivity index (χ2v) is 6.88. The molecule has 2 aliphatic heterocycles. The molecule has 21 heavy (non-hydrogen) atoms. The van der Waals surface area contributed by atoms with Crippen molar-refractivity contribution in [3.05, 3.63) is 33.8 Å². The molecular weight excluding hydrogens is 307 g/mol. The van der Waals surface area contributed by atoms with Crippen molar-refractivity contribution in [3.8, 4) is 0 Å². The average Bonchev–Trinajstić information content (AvgIpc) is 2.51. The van der Waals surface area contributed by atoms with Crippen LogP contribution in [0.25, 0.3) is 0 Å². The van der Waals surface area contributed by atoms with Crippen molar-refractivity contribution in [3.63, 3.8) is 0 Å². The van der Waals surface area contributed by atoms with Crippen molar-refractivity contribution >= 4 is 23.2 Å². The Morgan fingerprint density at radius 1 is 1.10 bits per heavy atom. The number of piperidine rings is 1. The van der Waals surface area contributed by atoms with Crippen LogP contribution in [0.1, 0.15) is 24.5 Å². The van der Waals surface area contributed by atoms with Crippen LogP contribution in [-0.4, -0.2) is 55.7 Å². The highest BCUT2D eigenvalue weighted by Gasteiger charge is 2.29. The van der Waals surface area contributed by atoms with E-state index in [1.807, 2.05) is 18.2 Å². The zero-order chi connectivity index (χ0) is 14.8. The van der Waals surface area contributed by atoms with Gasteiger partial charge in [0.15, 0.2) is 0 Å². The minimum Gasteiger partial charge on any atom is -0.371 e. The molecule has 0 aliphatic carbocycles. The number of rotatable bonds is 2. The third-order valence-electron chi connectivity index (χ3n) is 4.62. The first-order valence-electron chi connectivity index (χ1n) is 7.62. The zero-order valence-corrected chi connectivity index (χ0v) is 13.9. The van der Waals surface area contributed by atoms with Gasteiger partial charge in [0.1, 0.15) is 0 Å². The molecule has 0 saturated carbocycles. The fourth-order valence-corrected chi connectivity index (χ4v) is 3.58. The fourth-order valence-electron chi connectivity index (χ4n) is 3.28. The molecule has 2 aliphatic rings. The second-order valence-electron chi connectivity index (χ2n) is 6.06. The van der Waals surface area contributed by atoms with Gasteiger partial charge in [0, 0.05) is 19.1 Å². The average molecular weight is 329 g/mol. The molecule has 0 aromatic heterocycles. The molecule has 3 rings (SSSR count). The lowest BCUT2D eigenvalue weighted by atomic mass is 10.0. The van der Waals surface area contributed by atoms with Gasteiger partial charge in [-0.3, -0.25) is 4.90 Å². The zero-order valence-electron chi connectivity index (χ0n) is 12.4. The Bertz CT molecular complexity index is 489. The number of halogens is 2. The van der Waals surface area contributed by atoms with Crippen LogP contribution < -0.4 is 0 Å². The summed E-state index contributed by atoms with van der Waals surface area (Å²) < 4.78 is 5.95. The smallest absolute Gasteiger partial charge is 0.0953 e. The first-order valence-corrected chi connectivity index (χ1v) is 8.38. The van der Waals surface area contributed by atoms with Crippen LogP contribution >= 0.6 is 23.2 Å². The van der Waals surface area contributed by atoms with Gasteiger partial charge < -0.3 is 9.64 Å². The normalized spacial score (nSPS) is 26.1. The predicted octanol–water partition coefficient (Wildman–Crippen LogP) is 3.46. The minimum atomic E-state index is 0.105. The number of hydrogen-bond donors (Lipinski definition) is 0. The van der Waals surface area contributed by atoms with Crippen molar-refractivity contribution in [2.45, 2.75) is 25.0 Å². The molecule has 3 nitrogen and oxygen atoms in total. The van der Waals surface area contributed by atoms with Crippen molar-refractivity contribution in [2.24, 2.45) is 0 Å². The standard InChI is InChI=1S/C16H22Cl2N2O/c1-19-6-4-13(5-7-19)20-8-9-21-16(11-20)12-2-3-14(17)15(18)10-12/h2-3,10,13,16H,4-9,11H2,1H3/t16-/m0/s1. The van der Waals surface area contributed by atoms with E-state index in [1.54, 1.807) is 0 Å². The van der Waals surface area contributed by atoms with Gasteiger partial charge in [-0.1, -0.05) is 29.3 Å². The Labute approximate surface area is 136 Å². The Hall–Kier alpha value is -0.320. The fraction of sp³-hybridized carbons (Fsp3) is 0.625. The van der Waals surface area contributed by atoms with Gasteiger partial charge in [0.05, 0.1) is 22.8 Å². The maximum Gasteiger partial charge on any atom is 0.0953 e. The summed E-state index contributed by atoms with van der Waals surface area (Å²) in [6.45, 7) is 5.16. The van der Waals surface area contributed by atoms with E-state index in [9.17, 15) is 0 Å². The van der Waals surface area contributed by atoms with Gasteiger partial charge >= 0.3 is 0 Å². The van der Waals surface area contributed by atoms with E-state index in [0.29, 0.717) is 16.1 Å². The first kappa shape index (κ1) is 15.6. The van der Waals surface area contributed by atoms with Gasteiger partial charge in [0.2, 0.25) is 0 Å². The van der Waals surface area contributed by atoms with E-state index in [2.05, 4.69) is 16.8 Å². The predicted molar refractivity (Wildman–Crippen MR) is 87.2 cm³/mol. The SMILES string of the molecule is CN1CCC(N2CCO[C@H](c3ccc(Cl)c(Cl)c3)C2)CC1. The molecule has 5 heteroatoms. The van der Waals surface area contributed by atoms with E-state index < -0.39 is 0 Å². The van der Waals surface area contributed by atoms with Crippen molar-refractivity contribution in [1.82, 2.24) is 9.80 Å². The maximum atomic E-state index is 6.13. The molecule has 0 radical (unpaired) electrons. The van der Waals surface area contributed by atoms with E-state index in [1.165, 1.54) is 25.9 Å². The Morgan fingerprint density at radius 2 is 1.86 bits per heavy atom. The molecule has 0 N–H and O–H groups in total. The van der Waals surface area contributed by atoms with Gasteiger partial charge in [-0.2, -0.15) is 0 Å². The Balaban J connectivity index is 1.66. The van der Waals surface area contributed by atoms with Crippen LogP contribution in [0.3, 0.4) is 0 Å². The molecule has 116 valence electrons. The van der Waals surface area contributed by atoms with E-state index in [-0.39, 0.29) is 6.10 Å². The summed E-state index contributed by atoms with van der Waals surface area (Å²) in [4.78, 5) is 5.00. The van der Waals surface area contributed by atoms with Crippen molar-refractivity contribution in [1.29, 1.82) is 0 Å². The van der Waals surface area contributed by atoms with Gasteiger partial charge in [0.25, 0.3) is 0 Å². The number of morpholine rings is 1. The summed E-state index contributed by atoms with van der Waals surface area (Å²) in [5.74, 6) is 0. The number of likely N-dealkylation sites (tertiary alicyclic amines) is 1. The van der Waals surface area contributed by atoms with Crippen LogP contribution in [-0.2, 0) is 4.74 Å². The number of nitrogens with zero attached hydrogens (tertiary/aromatic N) is 2. The minimum absolute atomic E-state index is 0.105. The number of ether oxygens (including phenoxy) is 1. The largest absolute Gasteiger partial charge is 0.371 e. The molecule has 0 spiro atoms. The molecular formula is C16H22Cl2N2O. The lowest BCUT2D eigenvalue weighted by molar-refractivity contribution is -0.0526. The van der Waals surface area contributed by atoms with E-state index in [4.69, 9.17) is 27.9 Å². The summed E-state index contributed by atoms with van der Waals surface area (Å²) in [5, 5.41) is 1.21. The second kappa shape index (κ2) is 6.84. The maximum absolute atomic E-state index is 6.13. The highest BCUT2D eigenvalue weighted by atomic mass is 35.5.